The number of rotatable bonds is 6. The highest BCUT2D eigenvalue weighted by Gasteiger charge is 2.21. The number of aliphatic hydroxyl groups is 1. The fraction of sp³-hybridized carbons (Fsp3) is 0.350. The van der Waals surface area contributed by atoms with Crippen LogP contribution < -0.4 is 14.8 Å². The normalized spacial score (nSPS) is 14.7. The number of nitrogens with one attached hydrogen (secondary N) is 1. The number of carbonyl (C=O) groups is 1. The zero-order valence-corrected chi connectivity index (χ0v) is 15.4. The lowest BCUT2D eigenvalue weighted by atomic mass is 10.2. The molecule has 1 aliphatic heterocycles. The van der Waals surface area contributed by atoms with Crippen LogP contribution in [0, 0.1) is 0 Å². The Morgan fingerprint density at radius 3 is 2.30 bits per heavy atom. The van der Waals surface area contributed by atoms with E-state index in [4.69, 9.17) is 14.6 Å². The molecule has 0 bridgehead atoms. The number of para-hydroxylation sites is 4. The zero-order valence-electron chi connectivity index (χ0n) is 15.4. The molecule has 7 heteroatoms. The van der Waals surface area contributed by atoms with Crippen molar-refractivity contribution in [2.24, 2.45) is 0 Å². The number of urea groups is 1. The van der Waals surface area contributed by atoms with Crippen LogP contribution in [0.1, 0.15) is 0 Å². The van der Waals surface area contributed by atoms with Gasteiger partial charge in [-0.25, -0.2) is 4.79 Å². The molecule has 7 nitrogen and oxygen atoms in total. The molecule has 1 aliphatic rings. The second-order valence-electron chi connectivity index (χ2n) is 6.23. The number of benzene rings is 2. The van der Waals surface area contributed by atoms with Crippen LogP contribution in [0.4, 0.5) is 10.5 Å². The van der Waals surface area contributed by atoms with Crippen molar-refractivity contribution < 1.29 is 19.4 Å². The lowest BCUT2D eigenvalue weighted by Gasteiger charge is -2.34. The molecule has 0 unspecified atom stereocenters. The smallest absolute Gasteiger partial charge is 0.322 e. The quantitative estimate of drug-likeness (QED) is 0.817. The van der Waals surface area contributed by atoms with Crippen LogP contribution >= 0.6 is 0 Å². The summed E-state index contributed by atoms with van der Waals surface area (Å²) in [5, 5.41) is 12.0. The lowest BCUT2D eigenvalue weighted by molar-refractivity contribution is 0.127. The molecule has 1 heterocycles. The Bertz CT molecular complexity index is 760. The molecule has 0 radical (unpaired) electrons. The monoisotopic (exact) mass is 371 g/mol. The lowest BCUT2D eigenvalue weighted by Crippen LogP contribution is -2.50. The van der Waals surface area contributed by atoms with Gasteiger partial charge in [0.2, 0.25) is 0 Å². The molecular weight excluding hydrogens is 346 g/mol. The minimum Gasteiger partial charge on any atom is -0.493 e. The van der Waals surface area contributed by atoms with E-state index in [0.717, 1.165) is 13.1 Å². The first-order valence-corrected chi connectivity index (χ1v) is 9.00. The standard InChI is InChI=1S/C20H25N3O4/c1-26-18-8-4-5-9-19(18)27-17-7-3-2-6-16(17)21-20(25)23-12-10-22(11-13-23)14-15-24/h2-9,24H,10-15H2,1H3,(H,21,25). The number of amides is 2. The van der Waals surface area contributed by atoms with Crippen molar-refractivity contribution >= 4 is 11.7 Å². The van der Waals surface area contributed by atoms with Gasteiger partial charge in [0.25, 0.3) is 0 Å². The number of carbonyl (C=O) groups excluding carboxylic acids is 1. The summed E-state index contributed by atoms with van der Waals surface area (Å²) in [6.45, 7) is 3.55. The van der Waals surface area contributed by atoms with Crippen molar-refractivity contribution in [3.8, 4) is 17.2 Å². The van der Waals surface area contributed by atoms with Crippen LogP contribution in [0.25, 0.3) is 0 Å². The highest BCUT2D eigenvalue weighted by molar-refractivity contribution is 5.91. The van der Waals surface area contributed by atoms with Crippen molar-refractivity contribution in [2.75, 3.05) is 51.8 Å². The fourth-order valence-electron chi connectivity index (χ4n) is 2.99. The molecule has 0 spiro atoms. The minimum atomic E-state index is -0.158. The highest BCUT2D eigenvalue weighted by atomic mass is 16.5. The van der Waals surface area contributed by atoms with Gasteiger partial charge >= 0.3 is 6.03 Å². The summed E-state index contributed by atoms with van der Waals surface area (Å²) in [5.41, 5.74) is 0.603. The van der Waals surface area contributed by atoms with E-state index in [-0.39, 0.29) is 12.6 Å². The van der Waals surface area contributed by atoms with Gasteiger partial charge in [0, 0.05) is 32.7 Å². The van der Waals surface area contributed by atoms with E-state index in [1.165, 1.54) is 0 Å². The van der Waals surface area contributed by atoms with Gasteiger partial charge in [-0.2, -0.15) is 0 Å². The van der Waals surface area contributed by atoms with Crippen LogP contribution in [-0.2, 0) is 0 Å². The number of ether oxygens (including phenoxy) is 2. The zero-order chi connectivity index (χ0) is 19.1. The van der Waals surface area contributed by atoms with Gasteiger partial charge in [0.15, 0.2) is 17.2 Å². The fourth-order valence-corrected chi connectivity index (χ4v) is 2.99. The molecular formula is C20H25N3O4. The summed E-state index contributed by atoms with van der Waals surface area (Å²) >= 11 is 0. The Kier molecular flexibility index (Phi) is 6.51. The summed E-state index contributed by atoms with van der Waals surface area (Å²) in [5.74, 6) is 1.76. The van der Waals surface area contributed by atoms with Crippen molar-refractivity contribution in [1.82, 2.24) is 9.80 Å². The first kappa shape index (κ1) is 19.0. The molecule has 1 fully saturated rings. The SMILES string of the molecule is COc1ccccc1Oc1ccccc1NC(=O)N1CCN(CCO)CC1. The third kappa shape index (κ3) is 4.90. The molecule has 0 aliphatic carbocycles. The molecule has 2 aromatic carbocycles. The molecule has 144 valence electrons. The first-order valence-electron chi connectivity index (χ1n) is 9.00. The second kappa shape index (κ2) is 9.25. The second-order valence-corrected chi connectivity index (χ2v) is 6.23. The van der Waals surface area contributed by atoms with E-state index in [2.05, 4.69) is 10.2 Å². The molecule has 0 atom stereocenters. The van der Waals surface area contributed by atoms with E-state index in [1.807, 2.05) is 42.5 Å². The number of β-amino-alcohol motifs (C(OH)–C–C–N with tert-alkyl or cyclic N) is 1. The summed E-state index contributed by atoms with van der Waals surface area (Å²) < 4.78 is 11.3. The molecule has 2 N–H and O–H groups in total. The van der Waals surface area contributed by atoms with Crippen LogP contribution in [0.5, 0.6) is 17.2 Å². The van der Waals surface area contributed by atoms with E-state index in [9.17, 15) is 4.79 Å². The van der Waals surface area contributed by atoms with Gasteiger partial charge in [-0.1, -0.05) is 24.3 Å². The van der Waals surface area contributed by atoms with Crippen molar-refractivity contribution in [3.63, 3.8) is 0 Å². The van der Waals surface area contributed by atoms with Crippen LogP contribution in [0.2, 0.25) is 0 Å². The molecule has 0 saturated carbocycles. The third-order valence-corrected chi connectivity index (χ3v) is 4.49. The van der Waals surface area contributed by atoms with E-state index < -0.39 is 0 Å². The number of nitrogens with zero attached hydrogens (tertiary/aromatic N) is 2. The average molecular weight is 371 g/mol. The number of aliphatic hydroxyl groups excluding tert-OH is 1. The van der Waals surface area contributed by atoms with E-state index >= 15 is 0 Å². The predicted molar refractivity (Wildman–Crippen MR) is 104 cm³/mol. The Balaban J connectivity index is 1.67. The Morgan fingerprint density at radius 1 is 1.00 bits per heavy atom. The van der Waals surface area contributed by atoms with Gasteiger partial charge in [-0.05, 0) is 24.3 Å². The molecule has 2 aromatic rings. The molecule has 1 saturated heterocycles. The Morgan fingerprint density at radius 2 is 1.63 bits per heavy atom. The molecule has 27 heavy (non-hydrogen) atoms. The van der Waals surface area contributed by atoms with Crippen LogP contribution in [-0.4, -0.2) is 67.4 Å². The maximum absolute atomic E-state index is 12.6. The topological polar surface area (TPSA) is 74.3 Å². The Hall–Kier alpha value is -2.77. The summed E-state index contributed by atoms with van der Waals surface area (Å²) in [6, 6.07) is 14.5. The van der Waals surface area contributed by atoms with Crippen LogP contribution in [0.15, 0.2) is 48.5 Å². The first-order chi connectivity index (χ1) is 13.2. The number of hydrogen-bond donors (Lipinski definition) is 2. The Labute approximate surface area is 159 Å². The van der Waals surface area contributed by atoms with Gasteiger partial charge in [0.1, 0.15) is 0 Å². The molecule has 3 rings (SSSR count). The maximum atomic E-state index is 12.6. The number of anilines is 1. The highest BCUT2D eigenvalue weighted by Crippen LogP contribution is 2.34. The number of hydrogen-bond acceptors (Lipinski definition) is 5. The summed E-state index contributed by atoms with van der Waals surface area (Å²) in [7, 11) is 1.59. The van der Waals surface area contributed by atoms with Gasteiger partial charge in [-0.3, -0.25) is 4.90 Å². The van der Waals surface area contributed by atoms with Crippen LogP contribution in [0.3, 0.4) is 0 Å². The van der Waals surface area contributed by atoms with Crippen molar-refractivity contribution in [3.05, 3.63) is 48.5 Å². The number of piperazine rings is 1. The van der Waals surface area contributed by atoms with Gasteiger partial charge < -0.3 is 24.8 Å². The third-order valence-electron chi connectivity index (χ3n) is 4.49. The molecule has 2 amide bonds. The van der Waals surface area contributed by atoms with Gasteiger partial charge in [0.05, 0.1) is 19.4 Å². The van der Waals surface area contributed by atoms with Gasteiger partial charge in [-0.15, -0.1) is 0 Å². The van der Waals surface area contributed by atoms with Crippen molar-refractivity contribution in [2.45, 2.75) is 0 Å². The average Bonchev–Trinajstić information content (AvgIpc) is 2.70. The predicted octanol–water partition coefficient (Wildman–Crippen LogP) is 2.63. The minimum absolute atomic E-state index is 0.139. The molecule has 0 aromatic heterocycles. The maximum Gasteiger partial charge on any atom is 0.322 e. The van der Waals surface area contributed by atoms with E-state index in [1.54, 1.807) is 18.1 Å². The summed E-state index contributed by atoms with van der Waals surface area (Å²) in [6.07, 6.45) is 0. The van der Waals surface area contributed by atoms with E-state index in [0.29, 0.717) is 42.6 Å². The largest absolute Gasteiger partial charge is 0.493 e. The number of methoxy groups -OCH3 is 1. The van der Waals surface area contributed by atoms with Crippen molar-refractivity contribution in [1.29, 1.82) is 0 Å². The summed E-state index contributed by atoms with van der Waals surface area (Å²) in [4.78, 5) is 16.5.